The first-order chi connectivity index (χ1) is 24.3. The lowest BCUT2D eigenvalue weighted by Crippen LogP contribution is -2.35. The molecule has 3 aromatic heterocycles. The molecule has 0 unspecified atom stereocenters. The number of amides is 1. The van der Waals surface area contributed by atoms with Crippen molar-refractivity contribution >= 4 is 34.1 Å². The van der Waals surface area contributed by atoms with Gasteiger partial charge < -0.3 is 24.7 Å². The van der Waals surface area contributed by atoms with Crippen LogP contribution in [0.4, 0.5) is 27.6 Å². The molecule has 268 valence electrons. The first-order valence-electron chi connectivity index (χ1n) is 16.2. The van der Waals surface area contributed by atoms with Gasteiger partial charge in [0.05, 0.1) is 30.5 Å². The van der Waals surface area contributed by atoms with E-state index in [1.54, 1.807) is 27.2 Å². The molecule has 0 saturated heterocycles. The number of halogens is 5. The van der Waals surface area contributed by atoms with Crippen molar-refractivity contribution < 1.29 is 41.0 Å². The van der Waals surface area contributed by atoms with Crippen molar-refractivity contribution in [2.75, 3.05) is 26.1 Å². The van der Waals surface area contributed by atoms with Crippen molar-refractivity contribution in [2.45, 2.75) is 50.9 Å². The van der Waals surface area contributed by atoms with E-state index in [1.165, 1.54) is 34.4 Å². The molecule has 0 bridgehead atoms. The molecular weight excluding hydrogens is 675 g/mol. The Labute approximate surface area is 289 Å². The fraction of sp³-hybridized carbons (Fsp3) is 0.333. The molecule has 0 spiro atoms. The average Bonchev–Trinajstić information content (AvgIpc) is 3.67. The number of aromatic nitrogens is 4. The standard InChI is InChI=1S/C36H35F5N6O4/c1-19-44-32-27(46(19)2)17-24(36(39,40)41)30(34(32)51-4)23-7-6-14-47-28(18-43-35(23)47)33(49)20-15-25(37)31(26(38)16-20)45-29(48)8-5-13-42-21-9-11-22(50-3)12-10-21/h5-8,14-18,21-22,42H,9-13H2,1-4H3,(H,45,48)/b8-5+. The molecule has 6 rings (SSSR count). The number of pyridine rings is 1. The molecule has 2 N–H and O–H groups in total. The van der Waals surface area contributed by atoms with Gasteiger partial charge in [0.1, 0.15) is 40.0 Å². The molecule has 0 atom stereocenters. The van der Waals surface area contributed by atoms with E-state index in [9.17, 15) is 22.8 Å². The summed E-state index contributed by atoms with van der Waals surface area (Å²) in [6.07, 6.45) is 4.41. The van der Waals surface area contributed by atoms with E-state index < -0.39 is 46.3 Å². The molecule has 2 aromatic carbocycles. The van der Waals surface area contributed by atoms with Gasteiger partial charge in [0, 0.05) is 55.7 Å². The first-order valence-corrected chi connectivity index (χ1v) is 16.2. The number of rotatable bonds is 10. The van der Waals surface area contributed by atoms with Crippen molar-refractivity contribution in [3.63, 3.8) is 0 Å². The Balaban J connectivity index is 1.25. The predicted octanol–water partition coefficient (Wildman–Crippen LogP) is 6.77. The molecule has 10 nitrogen and oxygen atoms in total. The Bertz CT molecular complexity index is 2140. The maximum Gasteiger partial charge on any atom is 0.417 e. The summed E-state index contributed by atoms with van der Waals surface area (Å²) in [7, 11) is 4.52. The number of ketones is 1. The van der Waals surface area contributed by atoms with Crippen LogP contribution in [0, 0.1) is 18.6 Å². The van der Waals surface area contributed by atoms with E-state index in [4.69, 9.17) is 9.47 Å². The average molecular weight is 711 g/mol. The van der Waals surface area contributed by atoms with Gasteiger partial charge in [-0.25, -0.2) is 18.7 Å². The number of carbonyl (C=O) groups excluding carboxylic acids is 2. The zero-order valence-electron chi connectivity index (χ0n) is 28.2. The number of anilines is 1. The van der Waals surface area contributed by atoms with Crippen LogP contribution in [0.25, 0.3) is 27.8 Å². The highest BCUT2D eigenvalue weighted by molar-refractivity contribution is 6.09. The number of carbonyl (C=O) groups is 2. The van der Waals surface area contributed by atoms with Gasteiger partial charge in [0.25, 0.3) is 0 Å². The van der Waals surface area contributed by atoms with Crippen LogP contribution in [-0.2, 0) is 22.8 Å². The lowest BCUT2D eigenvalue weighted by molar-refractivity contribution is -0.137. The highest BCUT2D eigenvalue weighted by Gasteiger charge is 2.38. The smallest absolute Gasteiger partial charge is 0.417 e. The number of ether oxygens (including phenoxy) is 2. The number of benzene rings is 2. The maximum absolute atomic E-state index is 15.2. The van der Waals surface area contributed by atoms with E-state index in [2.05, 4.69) is 20.6 Å². The molecule has 1 aliphatic rings. The van der Waals surface area contributed by atoms with Crippen LogP contribution >= 0.6 is 0 Å². The zero-order chi connectivity index (χ0) is 36.6. The molecule has 15 heteroatoms. The molecule has 0 radical (unpaired) electrons. The number of fused-ring (bicyclic) bond motifs is 2. The Morgan fingerprint density at radius 1 is 1.08 bits per heavy atom. The van der Waals surface area contributed by atoms with E-state index in [-0.39, 0.29) is 51.4 Å². The molecule has 1 aliphatic carbocycles. The van der Waals surface area contributed by atoms with Gasteiger partial charge in [0.2, 0.25) is 11.7 Å². The normalized spacial score (nSPS) is 16.7. The summed E-state index contributed by atoms with van der Waals surface area (Å²) in [6, 6.07) is 5.63. The fourth-order valence-electron chi connectivity index (χ4n) is 6.51. The summed E-state index contributed by atoms with van der Waals surface area (Å²) in [5, 5.41) is 5.49. The molecule has 51 heavy (non-hydrogen) atoms. The molecule has 1 saturated carbocycles. The van der Waals surface area contributed by atoms with Crippen molar-refractivity contribution in [1.29, 1.82) is 0 Å². The van der Waals surface area contributed by atoms with Crippen LogP contribution in [0.5, 0.6) is 5.75 Å². The van der Waals surface area contributed by atoms with Crippen molar-refractivity contribution in [3.8, 4) is 16.9 Å². The van der Waals surface area contributed by atoms with Gasteiger partial charge in [-0.15, -0.1) is 0 Å². The lowest BCUT2D eigenvalue weighted by atomic mass is 9.93. The highest BCUT2D eigenvalue weighted by atomic mass is 19.4. The SMILES string of the molecule is COc1c(-c2cccn3c(C(=O)c4cc(F)c(NC(=O)/C=C/CNC5CCC(OC)CC5)c(F)c4)cnc23)c(C(F)(F)F)cc2c1nc(C)n2C. The number of methoxy groups -OCH3 is 2. The van der Waals surface area contributed by atoms with E-state index in [1.807, 2.05) is 0 Å². The van der Waals surface area contributed by atoms with Crippen LogP contribution in [0.1, 0.15) is 53.1 Å². The third kappa shape index (κ3) is 6.95. The molecule has 1 fully saturated rings. The lowest BCUT2D eigenvalue weighted by Gasteiger charge is -2.27. The Hall–Kier alpha value is -5.15. The number of imidazole rings is 2. The second-order valence-corrected chi connectivity index (χ2v) is 12.3. The zero-order valence-corrected chi connectivity index (χ0v) is 28.2. The summed E-state index contributed by atoms with van der Waals surface area (Å²) in [6.45, 7) is 2.04. The summed E-state index contributed by atoms with van der Waals surface area (Å²) in [5.74, 6) is -3.68. The summed E-state index contributed by atoms with van der Waals surface area (Å²) in [5.41, 5.74) is -2.28. The predicted molar refractivity (Wildman–Crippen MR) is 180 cm³/mol. The number of nitrogens with zero attached hydrogens (tertiary/aromatic N) is 4. The van der Waals surface area contributed by atoms with Crippen LogP contribution in [0.3, 0.4) is 0 Å². The topological polar surface area (TPSA) is 112 Å². The van der Waals surface area contributed by atoms with Gasteiger partial charge in [-0.3, -0.25) is 14.0 Å². The van der Waals surface area contributed by atoms with Gasteiger partial charge in [-0.1, -0.05) is 6.08 Å². The molecule has 0 aliphatic heterocycles. The number of hydrogen-bond acceptors (Lipinski definition) is 7. The van der Waals surface area contributed by atoms with E-state index >= 15 is 8.78 Å². The van der Waals surface area contributed by atoms with Crippen LogP contribution < -0.4 is 15.4 Å². The van der Waals surface area contributed by atoms with Crippen molar-refractivity contribution in [2.24, 2.45) is 7.05 Å². The molecule has 5 aromatic rings. The van der Waals surface area contributed by atoms with Crippen LogP contribution in [-0.4, -0.2) is 63.5 Å². The molecule has 3 heterocycles. The summed E-state index contributed by atoms with van der Waals surface area (Å²) in [4.78, 5) is 34.7. The van der Waals surface area contributed by atoms with E-state index in [0.29, 0.717) is 12.4 Å². The summed E-state index contributed by atoms with van der Waals surface area (Å²) >= 11 is 0. The molecule has 1 amide bonds. The van der Waals surface area contributed by atoms with Gasteiger partial charge in [-0.2, -0.15) is 13.2 Å². The number of alkyl halides is 3. The minimum absolute atomic E-state index is 0.0110. The van der Waals surface area contributed by atoms with Gasteiger partial charge in [-0.05, 0) is 62.9 Å². The Morgan fingerprint density at radius 2 is 1.78 bits per heavy atom. The van der Waals surface area contributed by atoms with Gasteiger partial charge >= 0.3 is 6.18 Å². The first kappa shape index (κ1) is 35.7. The quantitative estimate of drug-likeness (QED) is 0.0935. The number of hydrogen-bond donors (Lipinski definition) is 2. The third-order valence-corrected chi connectivity index (χ3v) is 9.26. The Kier molecular flexibility index (Phi) is 9.95. The fourth-order valence-corrected chi connectivity index (χ4v) is 6.51. The number of nitrogens with one attached hydrogen (secondary N) is 2. The second-order valence-electron chi connectivity index (χ2n) is 12.3. The number of aryl methyl sites for hydroxylation is 2. The highest BCUT2D eigenvalue weighted by Crippen LogP contribution is 2.47. The van der Waals surface area contributed by atoms with Crippen molar-refractivity contribution in [3.05, 3.63) is 89.2 Å². The van der Waals surface area contributed by atoms with Crippen molar-refractivity contribution in [1.82, 2.24) is 24.3 Å². The van der Waals surface area contributed by atoms with Crippen LogP contribution in [0.15, 0.2) is 54.9 Å². The van der Waals surface area contributed by atoms with Gasteiger partial charge in [0.15, 0.2) is 5.75 Å². The Morgan fingerprint density at radius 3 is 2.43 bits per heavy atom. The summed E-state index contributed by atoms with van der Waals surface area (Å²) < 4.78 is 87.6. The van der Waals surface area contributed by atoms with Crippen LogP contribution in [0.2, 0.25) is 0 Å². The largest absolute Gasteiger partial charge is 0.494 e. The second kappa shape index (κ2) is 14.2. The minimum atomic E-state index is -4.81. The van der Waals surface area contributed by atoms with E-state index in [0.717, 1.165) is 56.2 Å². The third-order valence-electron chi connectivity index (χ3n) is 9.26. The maximum atomic E-state index is 15.2. The molecular formula is C36H35F5N6O4. The minimum Gasteiger partial charge on any atom is -0.494 e. The monoisotopic (exact) mass is 710 g/mol.